The van der Waals surface area contributed by atoms with Crippen LogP contribution < -0.4 is 0 Å². The van der Waals surface area contributed by atoms with Gasteiger partial charge >= 0.3 is 12.1 Å². The summed E-state index contributed by atoms with van der Waals surface area (Å²) < 4.78 is 44.7. The number of carboxylic acids is 1. The van der Waals surface area contributed by atoms with Gasteiger partial charge in [-0.3, -0.25) is 9.59 Å². The molecular formula is C13H17F3N2O5S. The highest BCUT2D eigenvalue weighted by atomic mass is 32.1. The van der Waals surface area contributed by atoms with Crippen molar-refractivity contribution >= 4 is 23.2 Å². The summed E-state index contributed by atoms with van der Waals surface area (Å²) in [5.74, 6) is -2.55. The van der Waals surface area contributed by atoms with Crippen molar-refractivity contribution in [3.63, 3.8) is 0 Å². The van der Waals surface area contributed by atoms with Gasteiger partial charge in [0, 0.05) is 24.7 Å². The van der Waals surface area contributed by atoms with E-state index in [1.165, 1.54) is 19.4 Å². The van der Waals surface area contributed by atoms with E-state index in [9.17, 15) is 27.9 Å². The summed E-state index contributed by atoms with van der Waals surface area (Å²) >= 11 is 0.576. The van der Waals surface area contributed by atoms with Crippen LogP contribution in [0.1, 0.15) is 17.1 Å². The van der Waals surface area contributed by atoms with E-state index >= 15 is 0 Å². The number of rotatable bonds is 8. The molecule has 0 aliphatic heterocycles. The molecule has 0 radical (unpaired) electrons. The lowest BCUT2D eigenvalue weighted by Gasteiger charge is -2.30. The molecule has 1 atom stereocenters. The number of halogens is 3. The molecule has 0 fully saturated rings. The third-order valence-corrected chi connectivity index (χ3v) is 4.20. The number of hydrogen-bond acceptors (Lipinski definition) is 6. The number of aromatic nitrogens is 1. The molecule has 7 nitrogen and oxygen atoms in total. The summed E-state index contributed by atoms with van der Waals surface area (Å²) in [4.78, 5) is 27.2. The summed E-state index contributed by atoms with van der Waals surface area (Å²) in [7, 11) is 1.30. The number of carboxylic acid groups (broad SMARTS) is 1. The third-order valence-electron chi connectivity index (χ3n) is 3.09. The zero-order valence-electron chi connectivity index (χ0n) is 13.0. The van der Waals surface area contributed by atoms with Gasteiger partial charge in [-0.15, -0.1) is 11.3 Å². The van der Waals surface area contributed by atoms with Crippen LogP contribution in [-0.4, -0.2) is 65.0 Å². The standard InChI is InChI=1S/C13H17F3N2O5S/c1-8-7-24-11(17-8)12(22,13(14,15)16)5-9(19)18(3-4-23-2)6-10(20)21/h7,22H,3-6H2,1-2H3,(H,20,21). The van der Waals surface area contributed by atoms with Crippen molar-refractivity contribution in [3.8, 4) is 0 Å². The maximum Gasteiger partial charge on any atom is 0.424 e. The third kappa shape index (κ3) is 4.89. The Kier molecular flexibility index (Phi) is 6.69. The molecule has 136 valence electrons. The van der Waals surface area contributed by atoms with E-state index < -0.39 is 41.6 Å². The SMILES string of the molecule is COCCN(CC(=O)O)C(=O)CC(O)(c1nc(C)cs1)C(F)(F)F. The predicted molar refractivity (Wildman–Crippen MR) is 77.5 cm³/mol. The number of aryl methyl sites for hydroxylation is 1. The van der Waals surface area contributed by atoms with Crippen LogP contribution in [0.3, 0.4) is 0 Å². The van der Waals surface area contributed by atoms with Gasteiger partial charge in [0.15, 0.2) is 0 Å². The molecule has 0 saturated carbocycles. The number of aliphatic carboxylic acids is 1. The Morgan fingerprint density at radius 1 is 1.42 bits per heavy atom. The van der Waals surface area contributed by atoms with Crippen LogP contribution in [0.15, 0.2) is 5.38 Å². The minimum Gasteiger partial charge on any atom is -0.480 e. The first-order valence-corrected chi connectivity index (χ1v) is 7.59. The Labute approximate surface area is 139 Å². The largest absolute Gasteiger partial charge is 0.480 e. The number of amides is 1. The number of carbonyl (C=O) groups is 2. The number of carbonyl (C=O) groups excluding carboxylic acids is 1. The zero-order chi connectivity index (χ0) is 18.5. The van der Waals surface area contributed by atoms with Crippen molar-refractivity contribution in [1.29, 1.82) is 0 Å². The molecule has 0 aromatic carbocycles. The van der Waals surface area contributed by atoms with Crippen LogP contribution in [0, 0.1) is 6.92 Å². The van der Waals surface area contributed by atoms with E-state index in [1.807, 2.05) is 0 Å². The van der Waals surface area contributed by atoms with Gasteiger partial charge < -0.3 is 19.8 Å². The topological polar surface area (TPSA) is 100.0 Å². The fourth-order valence-electron chi connectivity index (χ4n) is 1.83. The van der Waals surface area contributed by atoms with Crippen LogP contribution >= 0.6 is 11.3 Å². The van der Waals surface area contributed by atoms with Crippen LogP contribution in [0.25, 0.3) is 0 Å². The number of ether oxygens (including phenoxy) is 1. The molecule has 0 aliphatic carbocycles. The first-order chi connectivity index (χ1) is 11.0. The van der Waals surface area contributed by atoms with Gasteiger partial charge in [0.1, 0.15) is 11.6 Å². The van der Waals surface area contributed by atoms with Crippen molar-refractivity contribution in [2.45, 2.75) is 25.1 Å². The smallest absolute Gasteiger partial charge is 0.424 e. The summed E-state index contributed by atoms with van der Waals surface area (Å²) in [6.45, 7) is 0.382. The second kappa shape index (κ2) is 7.90. The minimum atomic E-state index is -5.15. The van der Waals surface area contributed by atoms with Crippen LogP contribution in [0.2, 0.25) is 0 Å². The Balaban J connectivity index is 3.08. The van der Waals surface area contributed by atoms with Crippen molar-refractivity contribution in [2.24, 2.45) is 0 Å². The van der Waals surface area contributed by atoms with Gasteiger partial charge in [0.2, 0.25) is 11.5 Å². The number of methoxy groups -OCH3 is 1. The molecule has 1 unspecified atom stereocenters. The molecule has 24 heavy (non-hydrogen) atoms. The second-order valence-corrected chi connectivity index (χ2v) is 5.89. The number of thiazole rings is 1. The highest BCUT2D eigenvalue weighted by molar-refractivity contribution is 7.09. The highest BCUT2D eigenvalue weighted by Crippen LogP contribution is 2.43. The molecule has 0 saturated heterocycles. The Bertz CT molecular complexity index is 592. The van der Waals surface area contributed by atoms with E-state index in [4.69, 9.17) is 9.84 Å². The lowest BCUT2D eigenvalue weighted by Crippen LogP contribution is -2.48. The summed E-state index contributed by atoms with van der Waals surface area (Å²) in [5, 5.41) is 19.5. The van der Waals surface area contributed by atoms with Gasteiger partial charge in [-0.1, -0.05) is 0 Å². The van der Waals surface area contributed by atoms with E-state index in [1.54, 1.807) is 0 Å². The summed E-state index contributed by atoms with van der Waals surface area (Å²) in [6.07, 6.45) is -6.51. The predicted octanol–water partition coefficient (Wildman–Crippen LogP) is 1.15. The lowest BCUT2D eigenvalue weighted by atomic mass is 9.98. The van der Waals surface area contributed by atoms with E-state index in [0.717, 1.165) is 0 Å². The fraction of sp³-hybridized carbons (Fsp3) is 0.615. The monoisotopic (exact) mass is 370 g/mol. The summed E-state index contributed by atoms with van der Waals surface area (Å²) in [6, 6.07) is 0. The minimum absolute atomic E-state index is 0.0557. The van der Waals surface area contributed by atoms with Crippen molar-refractivity contribution in [2.75, 3.05) is 26.8 Å². The Morgan fingerprint density at radius 2 is 2.04 bits per heavy atom. The number of alkyl halides is 3. The Hall–Kier alpha value is -1.72. The Morgan fingerprint density at radius 3 is 2.46 bits per heavy atom. The average molecular weight is 370 g/mol. The molecule has 0 spiro atoms. The first-order valence-electron chi connectivity index (χ1n) is 6.71. The molecule has 1 amide bonds. The van der Waals surface area contributed by atoms with Crippen molar-refractivity contribution < 1.29 is 37.7 Å². The van der Waals surface area contributed by atoms with E-state index in [2.05, 4.69) is 4.98 Å². The maximum atomic E-state index is 13.3. The lowest BCUT2D eigenvalue weighted by molar-refractivity contribution is -0.268. The zero-order valence-corrected chi connectivity index (χ0v) is 13.8. The fourth-order valence-corrected chi connectivity index (χ4v) is 2.74. The molecule has 1 aromatic rings. The van der Waals surface area contributed by atoms with Crippen LogP contribution in [-0.2, 0) is 19.9 Å². The van der Waals surface area contributed by atoms with Crippen LogP contribution in [0.5, 0.6) is 0 Å². The average Bonchev–Trinajstić information content (AvgIpc) is 2.88. The van der Waals surface area contributed by atoms with E-state index in [-0.39, 0.29) is 18.8 Å². The molecule has 1 heterocycles. The first kappa shape index (κ1) is 20.3. The van der Waals surface area contributed by atoms with Gasteiger partial charge in [-0.05, 0) is 6.92 Å². The molecule has 1 rings (SSSR count). The molecule has 2 N–H and O–H groups in total. The van der Waals surface area contributed by atoms with Gasteiger partial charge in [-0.25, -0.2) is 4.98 Å². The van der Waals surface area contributed by atoms with Crippen molar-refractivity contribution in [1.82, 2.24) is 9.88 Å². The molecule has 0 bridgehead atoms. The molecule has 0 aliphatic rings. The molecule has 1 aromatic heterocycles. The highest BCUT2D eigenvalue weighted by Gasteiger charge is 2.58. The van der Waals surface area contributed by atoms with E-state index in [0.29, 0.717) is 16.2 Å². The second-order valence-electron chi connectivity index (χ2n) is 5.03. The quantitative estimate of drug-likeness (QED) is 0.712. The number of hydrogen-bond donors (Lipinski definition) is 2. The van der Waals surface area contributed by atoms with Gasteiger partial charge in [-0.2, -0.15) is 13.2 Å². The van der Waals surface area contributed by atoms with Gasteiger partial charge in [0.25, 0.3) is 0 Å². The maximum absolute atomic E-state index is 13.3. The number of aliphatic hydroxyl groups is 1. The van der Waals surface area contributed by atoms with Crippen molar-refractivity contribution in [3.05, 3.63) is 16.1 Å². The normalized spacial score (nSPS) is 14.2. The summed E-state index contributed by atoms with van der Waals surface area (Å²) in [5.41, 5.74) is -3.21. The number of nitrogens with zero attached hydrogens (tertiary/aromatic N) is 2. The van der Waals surface area contributed by atoms with Gasteiger partial charge in [0.05, 0.1) is 13.0 Å². The molecular weight excluding hydrogens is 353 g/mol. The molecule has 11 heteroatoms. The van der Waals surface area contributed by atoms with Crippen LogP contribution in [0.4, 0.5) is 13.2 Å².